The number of benzene rings is 1. The highest BCUT2D eigenvalue weighted by Gasteiger charge is 2.38. The SMILES string of the molecule is FC(F)(F)c1ccc(C(F)(F)F)c([C@H]2CCCN2)c1. The van der Waals surface area contributed by atoms with Crippen LogP contribution >= 0.6 is 0 Å². The zero-order chi connectivity index (χ0) is 14.3. The van der Waals surface area contributed by atoms with E-state index in [2.05, 4.69) is 5.32 Å². The molecule has 2 rings (SSSR count). The average Bonchev–Trinajstić information content (AvgIpc) is 2.79. The van der Waals surface area contributed by atoms with E-state index in [-0.39, 0.29) is 5.56 Å². The minimum atomic E-state index is -4.65. The highest BCUT2D eigenvalue weighted by atomic mass is 19.4. The van der Waals surface area contributed by atoms with Gasteiger partial charge in [0, 0.05) is 6.04 Å². The van der Waals surface area contributed by atoms with Crippen molar-refractivity contribution in [2.75, 3.05) is 6.54 Å². The second kappa shape index (κ2) is 4.70. The molecular weight excluding hydrogens is 272 g/mol. The van der Waals surface area contributed by atoms with Crippen molar-refractivity contribution < 1.29 is 26.3 Å². The topological polar surface area (TPSA) is 12.0 Å². The molecule has 1 saturated heterocycles. The summed E-state index contributed by atoms with van der Waals surface area (Å²) in [6.45, 7) is 0.512. The molecule has 19 heavy (non-hydrogen) atoms. The van der Waals surface area contributed by atoms with Crippen molar-refractivity contribution in [1.29, 1.82) is 0 Å². The van der Waals surface area contributed by atoms with Crippen LogP contribution in [0.25, 0.3) is 0 Å². The molecule has 0 aliphatic carbocycles. The molecule has 1 atom stereocenters. The fraction of sp³-hybridized carbons (Fsp3) is 0.500. The Morgan fingerprint density at radius 3 is 2.16 bits per heavy atom. The summed E-state index contributed by atoms with van der Waals surface area (Å²) in [5.41, 5.74) is -2.37. The molecule has 0 amide bonds. The van der Waals surface area contributed by atoms with Crippen LogP contribution in [0.1, 0.15) is 35.6 Å². The lowest BCUT2D eigenvalue weighted by Gasteiger charge is -2.20. The summed E-state index contributed by atoms with van der Waals surface area (Å²) in [4.78, 5) is 0. The van der Waals surface area contributed by atoms with Crippen LogP contribution in [-0.2, 0) is 12.4 Å². The van der Waals surface area contributed by atoms with Crippen LogP contribution < -0.4 is 5.32 Å². The van der Waals surface area contributed by atoms with Gasteiger partial charge in [-0.3, -0.25) is 0 Å². The highest BCUT2D eigenvalue weighted by Crippen LogP contribution is 2.40. The first-order chi connectivity index (χ1) is 8.69. The predicted octanol–water partition coefficient (Wildman–Crippen LogP) is 4.15. The molecule has 0 saturated carbocycles. The standard InChI is InChI=1S/C12H11F6N/c13-11(14,15)7-3-4-9(12(16,17)18)8(6-7)10-2-1-5-19-10/h3-4,6,10,19H,1-2,5H2/t10-/m1/s1. The van der Waals surface area contributed by atoms with Gasteiger partial charge >= 0.3 is 12.4 Å². The second-order valence-corrected chi connectivity index (χ2v) is 4.45. The number of nitrogens with one attached hydrogen (secondary N) is 1. The maximum absolute atomic E-state index is 12.8. The van der Waals surface area contributed by atoms with E-state index in [0.717, 1.165) is 0 Å². The predicted molar refractivity (Wildman–Crippen MR) is 56.4 cm³/mol. The van der Waals surface area contributed by atoms with Gasteiger partial charge in [-0.1, -0.05) is 0 Å². The highest BCUT2D eigenvalue weighted by molar-refractivity contribution is 5.38. The van der Waals surface area contributed by atoms with E-state index in [4.69, 9.17) is 0 Å². The van der Waals surface area contributed by atoms with Crippen LogP contribution in [0.5, 0.6) is 0 Å². The van der Waals surface area contributed by atoms with Crippen molar-refractivity contribution in [1.82, 2.24) is 5.32 Å². The minimum Gasteiger partial charge on any atom is -0.310 e. The molecule has 1 aromatic rings. The molecule has 0 radical (unpaired) electrons. The smallest absolute Gasteiger partial charge is 0.310 e. The van der Waals surface area contributed by atoms with Gasteiger partial charge in [-0.05, 0) is 43.1 Å². The van der Waals surface area contributed by atoms with Crippen LogP contribution in [0, 0.1) is 0 Å². The first-order valence-electron chi connectivity index (χ1n) is 5.71. The summed E-state index contributed by atoms with van der Waals surface area (Å²) >= 11 is 0. The largest absolute Gasteiger partial charge is 0.416 e. The third kappa shape index (κ3) is 3.02. The van der Waals surface area contributed by atoms with Crippen molar-refractivity contribution in [3.05, 3.63) is 34.9 Å². The molecule has 1 aliphatic rings. The first kappa shape index (κ1) is 14.2. The number of rotatable bonds is 1. The van der Waals surface area contributed by atoms with Crippen LogP contribution in [-0.4, -0.2) is 6.54 Å². The lowest BCUT2D eigenvalue weighted by Crippen LogP contribution is -2.20. The number of hydrogen-bond acceptors (Lipinski definition) is 1. The van der Waals surface area contributed by atoms with Gasteiger partial charge < -0.3 is 5.32 Å². The van der Waals surface area contributed by atoms with Crippen molar-refractivity contribution in [3.8, 4) is 0 Å². The summed E-state index contributed by atoms with van der Waals surface area (Å²) in [5.74, 6) is 0. The Bertz CT molecular complexity index is 456. The van der Waals surface area contributed by atoms with E-state index in [0.29, 0.717) is 37.6 Å². The molecule has 1 nitrogen and oxygen atoms in total. The van der Waals surface area contributed by atoms with Gasteiger partial charge in [-0.25, -0.2) is 0 Å². The van der Waals surface area contributed by atoms with Crippen molar-refractivity contribution >= 4 is 0 Å². The van der Waals surface area contributed by atoms with Crippen molar-refractivity contribution in [2.24, 2.45) is 0 Å². The van der Waals surface area contributed by atoms with Crippen LogP contribution in [0.4, 0.5) is 26.3 Å². The van der Waals surface area contributed by atoms with E-state index in [1.54, 1.807) is 0 Å². The number of hydrogen-bond donors (Lipinski definition) is 1. The summed E-state index contributed by atoms with van der Waals surface area (Å²) in [7, 11) is 0. The summed E-state index contributed by atoms with van der Waals surface area (Å²) in [5, 5.41) is 2.80. The van der Waals surface area contributed by atoms with Gasteiger partial charge in [0.25, 0.3) is 0 Å². The third-order valence-corrected chi connectivity index (χ3v) is 3.12. The van der Waals surface area contributed by atoms with Gasteiger partial charge in [0.2, 0.25) is 0 Å². The molecule has 1 aromatic carbocycles. The van der Waals surface area contributed by atoms with E-state index in [1.807, 2.05) is 0 Å². The third-order valence-electron chi connectivity index (χ3n) is 3.12. The summed E-state index contributed by atoms with van der Waals surface area (Å²) < 4.78 is 76.2. The lowest BCUT2D eigenvalue weighted by atomic mass is 9.96. The van der Waals surface area contributed by atoms with E-state index < -0.39 is 29.5 Å². The lowest BCUT2D eigenvalue weighted by molar-refractivity contribution is -0.142. The Morgan fingerprint density at radius 1 is 1.00 bits per heavy atom. The van der Waals surface area contributed by atoms with Crippen LogP contribution in [0.15, 0.2) is 18.2 Å². The Labute approximate surface area is 105 Å². The van der Waals surface area contributed by atoms with Gasteiger partial charge in [0.1, 0.15) is 0 Å². The molecule has 106 valence electrons. The fourth-order valence-corrected chi connectivity index (χ4v) is 2.24. The van der Waals surface area contributed by atoms with Crippen molar-refractivity contribution in [2.45, 2.75) is 31.2 Å². The molecule has 0 aromatic heterocycles. The normalized spacial score (nSPS) is 20.8. The molecule has 1 heterocycles. The van der Waals surface area contributed by atoms with E-state index in [1.165, 1.54) is 0 Å². The molecule has 0 unspecified atom stereocenters. The molecule has 0 spiro atoms. The molecular formula is C12H11F6N. The van der Waals surface area contributed by atoms with Gasteiger partial charge in [0.15, 0.2) is 0 Å². The number of halogens is 6. The zero-order valence-electron chi connectivity index (χ0n) is 9.70. The molecule has 7 heteroatoms. The average molecular weight is 283 g/mol. The van der Waals surface area contributed by atoms with Crippen molar-refractivity contribution in [3.63, 3.8) is 0 Å². The fourth-order valence-electron chi connectivity index (χ4n) is 2.24. The molecule has 1 fully saturated rings. The summed E-state index contributed by atoms with van der Waals surface area (Å²) in [6, 6.07) is 0.921. The summed E-state index contributed by atoms with van der Waals surface area (Å²) in [6.07, 6.45) is -8.23. The van der Waals surface area contributed by atoms with Crippen LogP contribution in [0.3, 0.4) is 0 Å². The Morgan fingerprint density at radius 2 is 1.68 bits per heavy atom. The van der Waals surface area contributed by atoms with Gasteiger partial charge in [0.05, 0.1) is 11.1 Å². The van der Waals surface area contributed by atoms with Gasteiger partial charge in [-0.15, -0.1) is 0 Å². The van der Waals surface area contributed by atoms with Gasteiger partial charge in [-0.2, -0.15) is 26.3 Å². The maximum atomic E-state index is 12.8. The molecule has 0 bridgehead atoms. The van der Waals surface area contributed by atoms with E-state index in [9.17, 15) is 26.3 Å². The Balaban J connectivity index is 2.50. The first-order valence-corrected chi connectivity index (χ1v) is 5.71. The second-order valence-electron chi connectivity index (χ2n) is 4.45. The monoisotopic (exact) mass is 283 g/mol. The molecule has 1 aliphatic heterocycles. The Hall–Kier alpha value is -1.24. The Kier molecular flexibility index (Phi) is 3.51. The zero-order valence-corrected chi connectivity index (χ0v) is 9.70. The quantitative estimate of drug-likeness (QED) is 0.763. The van der Waals surface area contributed by atoms with E-state index >= 15 is 0 Å². The number of alkyl halides is 6. The van der Waals surface area contributed by atoms with Crippen LogP contribution in [0.2, 0.25) is 0 Å². The maximum Gasteiger partial charge on any atom is 0.416 e. The minimum absolute atomic E-state index is 0.320. The molecule has 1 N–H and O–H groups in total.